The molecule has 0 radical (unpaired) electrons. The molecule has 25 nitrogen and oxygen atoms in total. The quantitative estimate of drug-likeness (QED) is 0.0374. The number of aliphatic hydroxyl groups is 3. The number of amides is 9. The highest BCUT2D eigenvalue weighted by Gasteiger charge is 2.41. The molecule has 458 valence electrons. The van der Waals surface area contributed by atoms with E-state index in [-0.39, 0.29) is 56.3 Å². The number of hydrogen-bond donors (Lipinski definition) is 13. The Morgan fingerprint density at radius 2 is 1.04 bits per heavy atom. The molecule has 0 saturated carbocycles. The number of cyclic esters (lactones) is 1. The molecule has 1 saturated heterocycles. The van der Waals surface area contributed by atoms with E-state index in [4.69, 9.17) is 4.74 Å². The maximum atomic E-state index is 14.8. The van der Waals surface area contributed by atoms with E-state index >= 15 is 0 Å². The van der Waals surface area contributed by atoms with Crippen LogP contribution in [0.5, 0.6) is 0 Å². The van der Waals surface area contributed by atoms with E-state index in [1.165, 1.54) is 6.92 Å². The van der Waals surface area contributed by atoms with E-state index in [0.717, 1.165) is 25.7 Å². The average molecular weight is 1140 g/mol. The second-order valence-electron chi connectivity index (χ2n) is 22.5. The van der Waals surface area contributed by atoms with Gasteiger partial charge in [-0.15, -0.1) is 0 Å². The molecular weight excluding hydrogens is 1040 g/mol. The molecule has 1 heterocycles. The van der Waals surface area contributed by atoms with E-state index < -0.39 is 170 Å². The van der Waals surface area contributed by atoms with Gasteiger partial charge < -0.3 is 73.0 Å². The summed E-state index contributed by atoms with van der Waals surface area (Å²) in [4.78, 5) is 153. The average Bonchev–Trinajstić information content (AvgIpc) is 3.38. The predicted octanol–water partition coefficient (Wildman–Crippen LogP) is 0.486. The highest BCUT2D eigenvalue weighted by Crippen LogP contribution is 2.17. The van der Waals surface area contributed by atoms with Crippen molar-refractivity contribution in [2.75, 3.05) is 13.2 Å². The van der Waals surface area contributed by atoms with E-state index in [9.17, 15) is 73.2 Å². The lowest BCUT2D eigenvalue weighted by Crippen LogP contribution is -2.64. The molecular formula is C55H97N9O16. The number of ether oxygens (including phenoxy) is 1. The molecule has 13 atom stereocenters. The van der Waals surface area contributed by atoms with Crippen molar-refractivity contribution in [2.24, 2.45) is 29.6 Å². The summed E-state index contributed by atoms with van der Waals surface area (Å²) in [5, 5.41) is 63.7. The van der Waals surface area contributed by atoms with Crippen molar-refractivity contribution in [3.8, 4) is 0 Å². The maximum Gasteiger partial charge on any atom is 0.329 e. The first-order valence-corrected chi connectivity index (χ1v) is 28.6. The van der Waals surface area contributed by atoms with Gasteiger partial charge >= 0.3 is 11.9 Å². The first-order valence-electron chi connectivity index (χ1n) is 28.6. The zero-order chi connectivity index (χ0) is 61.0. The van der Waals surface area contributed by atoms with Gasteiger partial charge in [0.2, 0.25) is 53.2 Å². The molecule has 1 fully saturated rings. The first kappa shape index (κ1) is 72.1. The Labute approximate surface area is 471 Å². The van der Waals surface area contributed by atoms with Crippen LogP contribution in [0, 0.1) is 29.6 Å². The topological polar surface area (TPSA) is 386 Å². The van der Waals surface area contributed by atoms with Gasteiger partial charge in [0.1, 0.15) is 60.5 Å². The minimum atomic E-state index is -1.95. The van der Waals surface area contributed by atoms with Crippen LogP contribution in [0.2, 0.25) is 0 Å². The molecule has 1 unspecified atom stereocenters. The third-order valence-corrected chi connectivity index (χ3v) is 13.9. The molecule has 0 bridgehead atoms. The number of carbonyl (C=O) groups is 11. The van der Waals surface area contributed by atoms with Crippen LogP contribution in [0.4, 0.5) is 0 Å². The van der Waals surface area contributed by atoms with Crippen molar-refractivity contribution >= 4 is 65.1 Å². The SMILES string of the molecule is CCCCCCC[C@@H](O)CC(=O)N[C@@H](CC(C)C)C(=O)N[C@@H](CCC(=O)O)C(=O)N[C@H]1C(=O)N[C@@H]([C@@H](C)CC)C(=O)N[C@H](CC(C)C)C(=O)N[C@H](CO)C(=O)N[C@@H](CC(C)C)C(=O)N[C@H](CO)C(=O)NC([C@@H](C)CC)C(=O)O[C@@H]1C. The van der Waals surface area contributed by atoms with E-state index in [1.807, 2.05) is 0 Å². The van der Waals surface area contributed by atoms with Crippen molar-refractivity contribution in [1.82, 2.24) is 47.9 Å². The number of aliphatic carboxylic acids is 1. The van der Waals surface area contributed by atoms with E-state index in [2.05, 4.69) is 54.8 Å². The molecule has 0 spiro atoms. The third kappa shape index (κ3) is 26.1. The van der Waals surface area contributed by atoms with Gasteiger partial charge in [-0.25, -0.2) is 4.79 Å². The minimum absolute atomic E-state index is 0.00960. The fourth-order valence-electron chi connectivity index (χ4n) is 8.78. The van der Waals surface area contributed by atoms with Gasteiger partial charge in [-0.2, -0.15) is 0 Å². The Kier molecular flexibility index (Phi) is 33.5. The molecule has 0 aromatic rings. The van der Waals surface area contributed by atoms with Crippen LogP contribution >= 0.6 is 0 Å². The van der Waals surface area contributed by atoms with E-state index in [0.29, 0.717) is 12.8 Å². The summed E-state index contributed by atoms with van der Waals surface area (Å²) in [6.07, 6.45) is 1.31. The molecule has 1 aliphatic rings. The van der Waals surface area contributed by atoms with Crippen molar-refractivity contribution in [3.05, 3.63) is 0 Å². The Balaban J connectivity index is 4.04. The normalized spacial score (nSPS) is 24.2. The molecule has 25 heteroatoms. The monoisotopic (exact) mass is 1140 g/mol. The Bertz CT molecular complexity index is 2040. The van der Waals surface area contributed by atoms with Crippen LogP contribution < -0.4 is 47.9 Å². The van der Waals surface area contributed by atoms with Crippen molar-refractivity contribution in [3.63, 3.8) is 0 Å². The van der Waals surface area contributed by atoms with Crippen molar-refractivity contribution in [1.29, 1.82) is 0 Å². The lowest BCUT2D eigenvalue weighted by molar-refractivity contribution is -0.158. The fourth-order valence-corrected chi connectivity index (χ4v) is 8.78. The first-order chi connectivity index (χ1) is 37.5. The summed E-state index contributed by atoms with van der Waals surface area (Å²) < 4.78 is 5.85. The maximum absolute atomic E-state index is 14.8. The molecule has 0 aromatic heterocycles. The number of rotatable bonds is 28. The number of carbonyl (C=O) groups excluding carboxylic acids is 10. The van der Waals surface area contributed by atoms with Crippen LogP contribution in [0.25, 0.3) is 0 Å². The van der Waals surface area contributed by atoms with Gasteiger partial charge in [0.05, 0.1) is 25.7 Å². The van der Waals surface area contributed by atoms with Gasteiger partial charge in [-0.05, 0) is 68.6 Å². The molecule has 1 rings (SSSR count). The number of carboxylic acids is 1. The summed E-state index contributed by atoms with van der Waals surface area (Å²) in [6.45, 7) is 18.5. The number of esters is 1. The van der Waals surface area contributed by atoms with E-state index in [1.54, 1.807) is 69.2 Å². The number of aliphatic hydroxyl groups excluding tert-OH is 3. The zero-order valence-electron chi connectivity index (χ0n) is 49.2. The summed E-state index contributed by atoms with van der Waals surface area (Å²) in [6, 6.07) is -14.1. The molecule has 9 amide bonds. The van der Waals surface area contributed by atoms with Crippen molar-refractivity contribution < 1.29 is 77.9 Å². The van der Waals surface area contributed by atoms with Crippen LogP contribution in [-0.2, 0) is 57.5 Å². The fraction of sp³-hybridized carbons (Fsp3) is 0.800. The summed E-state index contributed by atoms with van der Waals surface area (Å²) in [7, 11) is 0. The Hall–Kier alpha value is -5.95. The largest absolute Gasteiger partial charge is 0.481 e. The molecule has 80 heavy (non-hydrogen) atoms. The van der Waals surface area contributed by atoms with Gasteiger partial charge in [0, 0.05) is 6.42 Å². The van der Waals surface area contributed by atoms with Gasteiger partial charge in [0.25, 0.3) is 0 Å². The molecule has 0 aromatic carbocycles. The van der Waals surface area contributed by atoms with Crippen LogP contribution in [0.3, 0.4) is 0 Å². The zero-order valence-corrected chi connectivity index (χ0v) is 49.2. The lowest BCUT2D eigenvalue weighted by Gasteiger charge is -2.32. The minimum Gasteiger partial charge on any atom is -0.481 e. The van der Waals surface area contributed by atoms with Crippen LogP contribution in [0.15, 0.2) is 0 Å². The number of carboxylic acid groups (broad SMARTS) is 1. The summed E-state index contributed by atoms with van der Waals surface area (Å²) in [5.74, 6) is -13.3. The third-order valence-electron chi connectivity index (χ3n) is 13.9. The molecule has 13 N–H and O–H groups in total. The van der Waals surface area contributed by atoms with Gasteiger partial charge in [-0.1, -0.05) is 121 Å². The van der Waals surface area contributed by atoms with Crippen LogP contribution in [-0.4, -0.2) is 165 Å². The summed E-state index contributed by atoms with van der Waals surface area (Å²) in [5.41, 5.74) is 0. The summed E-state index contributed by atoms with van der Waals surface area (Å²) >= 11 is 0. The second kappa shape index (κ2) is 37.1. The molecule has 0 aliphatic carbocycles. The lowest BCUT2D eigenvalue weighted by atomic mass is 9.96. The molecule has 1 aliphatic heterocycles. The van der Waals surface area contributed by atoms with Gasteiger partial charge in [-0.3, -0.25) is 47.9 Å². The Morgan fingerprint density at radius 3 is 1.52 bits per heavy atom. The van der Waals surface area contributed by atoms with Gasteiger partial charge in [0.15, 0.2) is 0 Å². The second-order valence-corrected chi connectivity index (χ2v) is 22.5. The predicted molar refractivity (Wildman–Crippen MR) is 295 cm³/mol. The number of nitrogens with one attached hydrogen (secondary N) is 9. The standard InChI is InChI=1S/C55H97N9O16/c1-13-16-17-18-19-20-35(67)26-42(68)56-37(23-29(4)5)48(72)57-36(21-22-43(69)70)47(71)64-46-34(12)80-55(79)45(33(11)15-3)63-52(76)41(28-66)61-49(73)38(24-30(6)7)58-51(75)40(27-65)60-50(74)39(25-31(8)9)59-53(77)44(32(10)14-2)62-54(46)78/h29-41,44-46,65-67H,13-28H2,1-12H3,(H,56,68)(H,57,72)(H,58,75)(H,59,77)(H,60,74)(H,61,73)(H,62,78)(H,63,76)(H,64,71)(H,69,70)/t32-,33-,34+,35+,36-,37-,38-,39+,40+,41+,44-,45?,46+/m0/s1. The Morgan fingerprint density at radius 1 is 0.562 bits per heavy atom. The number of unbranched alkanes of at least 4 members (excludes halogenated alkanes) is 4. The highest BCUT2D eigenvalue weighted by atomic mass is 16.5. The smallest absolute Gasteiger partial charge is 0.329 e. The number of hydrogen-bond acceptors (Lipinski definition) is 15. The van der Waals surface area contributed by atoms with Crippen LogP contribution in [0.1, 0.15) is 173 Å². The highest BCUT2D eigenvalue weighted by molar-refractivity contribution is 5.99. The van der Waals surface area contributed by atoms with Crippen molar-refractivity contribution in [2.45, 2.75) is 240 Å².